The summed E-state index contributed by atoms with van der Waals surface area (Å²) in [5.74, 6) is 0.519. The van der Waals surface area contributed by atoms with E-state index in [0.717, 1.165) is 37.6 Å². The van der Waals surface area contributed by atoms with Gasteiger partial charge in [-0.15, -0.1) is 0 Å². The molecule has 1 aliphatic heterocycles. The van der Waals surface area contributed by atoms with Gasteiger partial charge in [-0.2, -0.15) is 4.98 Å². The van der Waals surface area contributed by atoms with Gasteiger partial charge >= 0.3 is 5.69 Å². The molecule has 2 heterocycles. The maximum Gasteiger partial charge on any atom is 0.345 e. The fourth-order valence-corrected chi connectivity index (χ4v) is 3.08. The number of anilines is 1. The van der Waals surface area contributed by atoms with Crippen LogP contribution in [0.15, 0.2) is 11.0 Å². The Morgan fingerprint density at radius 3 is 2.67 bits per heavy atom. The lowest BCUT2D eigenvalue weighted by atomic mass is 10.0. The summed E-state index contributed by atoms with van der Waals surface area (Å²) in [4.78, 5) is 20.7. The van der Waals surface area contributed by atoms with Crippen LogP contribution in [0.1, 0.15) is 37.3 Å². The second kappa shape index (κ2) is 5.10. The largest absolute Gasteiger partial charge is 0.366 e. The number of nitrogens with one attached hydrogen (secondary N) is 2. The van der Waals surface area contributed by atoms with Crippen LogP contribution in [0.5, 0.6) is 0 Å². The predicted octanol–water partition coefficient (Wildman–Crippen LogP) is 0.837. The SMILES string of the molecule is O=c1ncc(N2CCNCC2)c(C2CCCC2)[nH]1. The highest BCUT2D eigenvalue weighted by Crippen LogP contribution is 2.36. The summed E-state index contributed by atoms with van der Waals surface area (Å²) in [5.41, 5.74) is 2.05. The molecule has 2 aliphatic rings. The van der Waals surface area contributed by atoms with Gasteiger partial charge in [0.2, 0.25) is 0 Å². The molecule has 98 valence electrons. The molecule has 0 aromatic carbocycles. The number of hydrogen-bond donors (Lipinski definition) is 2. The molecule has 5 nitrogen and oxygen atoms in total. The molecule has 0 spiro atoms. The van der Waals surface area contributed by atoms with Crippen LogP contribution in [-0.4, -0.2) is 36.1 Å². The minimum atomic E-state index is -0.212. The van der Waals surface area contributed by atoms with E-state index in [1.807, 2.05) is 0 Å². The first kappa shape index (κ1) is 11.7. The number of H-pyrrole nitrogens is 1. The van der Waals surface area contributed by atoms with Gasteiger partial charge in [-0.25, -0.2) is 4.79 Å². The first-order valence-electron chi connectivity index (χ1n) is 6.89. The topological polar surface area (TPSA) is 61.0 Å². The fourth-order valence-electron chi connectivity index (χ4n) is 3.08. The number of aromatic nitrogens is 2. The van der Waals surface area contributed by atoms with Gasteiger partial charge in [0.25, 0.3) is 0 Å². The molecule has 0 bridgehead atoms. The Kier molecular flexibility index (Phi) is 3.32. The van der Waals surface area contributed by atoms with Gasteiger partial charge in [-0.05, 0) is 12.8 Å². The zero-order valence-electron chi connectivity index (χ0n) is 10.6. The quantitative estimate of drug-likeness (QED) is 0.814. The van der Waals surface area contributed by atoms with Gasteiger partial charge in [-0.3, -0.25) is 0 Å². The lowest BCUT2D eigenvalue weighted by Gasteiger charge is -2.31. The molecular weight excluding hydrogens is 228 g/mol. The minimum Gasteiger partial charge on any atom is -0.366 e. The van der Waals surface area contributed by atoms with Crippen molar-refractivity contribution in [3.8, 4) is 0 Å². The number of rotatable bonds is 2. The van der Waals surface area contributed by atoms with Gasteiger partial charge in [0.15, 0.2) is 0 Å². The molecule has 0 radical (unpaired) electrons. The lowest BCUT2D eigenvalue weighted by molar-refractivity contribution is 0.580. The molecule has 1 aromatic rings. The molecule has 3 rings (SSSR count). The lowest BCUT2D eigenvalue weighted by Crippen LogP contribution is -2.44. The number of aromatic amines is 1. The Labute approximate surface area is 107 Å². The maximum atomic E-state index is 11.5. The van der Waals surface area contributed by atoms with E-state index < -0.39 is 0 Å². The number of hydrogen-bond acceptors (Lipinski definition) is 4. The molecular formula is C13H20N4O. The average molecular weight is 248 g/mol. The van der Waals surface area contributed by atoms with Crippen molar-refractivity contribution in [2.45, 2.75) is 31.6 Å². The normalized spacial score (nSPS) is 21.4. The molecule has 2 fully saturated rings. The van der Waals surface area contributed by atoms with E-state index in [0.29, 0.717) is 5.92 Å². The molecule has 5 heteroatoms. The first-order chi connectivity index (χ1) is 8.84. The highest BCUT2D eigenvalue weighted by molar-refractivity contribution is 5.50. The summed E-state index contributed by atoms with van der Waals surface area (Å²) in [6, 6.07) is 0. The Morgan fingerprint density at radius 2 is 1.94 bits per heavy atom. The van der Waals surface area contributed by atoms with Crippen LogP contribution in [0.25, 0.3) is 0 Å². The van der Waals surface area contributed by atoms with Crippen LogP contribution in [-0.2, 0) is 0 Å². The van der Waals surface area contributed by atoms with Crippen molar-refractivity contribution >= 4 is 5.69 Å². The second-order valence-corrected chi connectivity index (χ2v) is 5.21. The molecule has 0 atom stereocenters. The van der Waals surface area contributed by atoms with Crippen molar-refractivity contribution in [3.63, 3.8) is 0 Å². The Balaban J connectivity index is 1.93. The van der Waals surface area contributed by atoms with E-state index in [9.17, 15) is 4.79 Å². The highest BCUT2D eigenvalue weighted by atomic mass is 16.1. The third kappa shape index (κ3) is 2.27. The van der Waals surface area contributed by atoms with Crippen molar-refractivity contribution in [2.75, 3.05) is 31.1 Å². The molecule has 1 saturated carbocycles. The highest BCUT2D eigenvalue weighted by Gasteiger charge is 2.24. The summed E-state index contributed by atoms with van der Waals surface area (Å²) < 4.78 is 0. The van der Waals surface area contributed by atoms with Gasteiger partial charge < -0.3 is 15.2 Å². The van der Waals surface area contributed by atoms with Gasteiger partial charge in [0.05, 0.1) is 11.9 Å². The van der Waals surface area contributed by atoms with Gasteiger partial charge in [-0.1, -0.05) is 12.8 Å². The first-order valence-corrected chi connectivity index (χ1v) is 6.89. The van der Waals surface area contributed by atoms with Crippen LogP contribution >= 0.6 is 0 Å². The van der Waals surface area contributed by atoms with E-state index in [4.69, 9.17) is 0 Å². The molecule has 1 saturated heterocycles. The molecule has 1 aliphatic carbocycles. The second-order valence-electron chi connectivity index (χ2n) is 5.21. The smallest absolute Gasteiger partial charge is 0.345 e. The molecule has 0 unspecified atom stereocenters. The third-order valence-corrected chi connectivity index (χ3v) is 4.04. The number of nitrogens with zero attached hydrogens (tertiary/aromatic N) is 2. The van der Waals surface area contributed by atoms with E-state index in [1.165, 1.54) is 25.7 Å². The molecule has 18 heavy (non-hydrogen) atoms. The summed E-state index contributed by atoms with van der Waals surface area (Å²) in [5, 5.41) is 3.35. The minimum absolute atomic E-state index is 0.212. The zero-order chi connectivity index (χ0) is 12.4. The predicted molar refractivity (Wildman–Crippen MR) is 71.1 cm³/mol. The average Bonchev–Trinajstić information content (AvgIpc) is 2.93. The zero-order valence-corrected chi connectivity index (χ0v) is 10.6. The Hall–Kier alpha value is -1.36. The number of piperazine rings is 1. The van der Waals surface area contributed by atoms with Crippen molar-refractivity contribution in [1.29, 1.82) is 0 Å². The van der Waals surface area contributed by atoms with Crippen LogP contribution in [0.4, 0.5) is 5.69 Å². The van der Waals surface area contributed by atoms with Crippen LogP contribution < -0.4 is 15.9 Å². The van der Waals surface area contributed by atoms with Crippen molar-refractivity contribution in [3.05, 3.63) is 22.4 Å². The van der Waals surface area contributed by atoms with Crippen LogP contribution in [0.3, 0.4) is 0 Å². The summed E-state index contributed by atoms with van der Waals surface area (Å²) >= 11 is 0. The third-order valence-electron chi connectivity index (χ3n) is 4.04. The van der Waals surface area contributed by atoms with Gasteiger partial charge in [0, 0.05) is 37.8 Å². The molecule has 2 N–H and O–H groups in total. The fraction of sp³-hybridized carbons (Fsp3) is 0.692. The molecule has 0 amide bonds. The van der Waals surface area contributed by atoms with Gasteiger partial charge in [0.1, 0.15) is 0 Å². The van der Waals surface area contributed by atoms with Crippen molar-refractivity contribution < 1.29 is 0 Å². The Bertz CT molecular complexity index is 458. The van der Waals surface area contributed by atoms with Crippen molar-refractivity contribution in [1.82, 2.24) is 15.3 Å². The maximum absolute atomic E-state index is 11.5. The van der Waals surface area contributed by atoms with Crippen LogP contribution in [0, 0.1) is 0 Å². The Morgan fingerprint density at radius 1 is 1.22 bits per heavy atom. The van der Waals surface area contributed by atoms with E-state index in [2.05, 4.69) is 20.2 Å². The monoisotopic (exact) mass is 248 g/mol. The van der Waals surface area contributed by atoms with E-state index in [-0.39, 0.29) is 5.69 Å². The summed E-state index contributed by atoms with van der Waals surface area (Å²) in [6.07, 6.45) is 6.70. The molecule has 1 aromatic heterocycles. The van der Waals surface area contributed by atoms with E-state index in [1.54, 1.807) is 6.20 Å². The summed E-state index contributed by atoms with van der Waals surface area (Å²) in [7, 11) is 0. The van der Waals surface area contributed by atoms with Crippen molar-refractivity contribution in [2.24, 2.45) is 0 Å². The standard InChI is InChI=1S/C13H20N4O/c18-13-15-9-11(17-7-5-14-6-8-17)12(16-13)10-3-1-2-4-10/h9-10,14H,1-8H2,(H,15,16,18). The summed E-state index contributed by atoms with van der Waals surface area (Å²) in [6.45, 7) is 3.99. The van der Waals surface area contributed by atoms with Crippen LogP contribution in [0.2, 0.25) is 0 Å². The van der Waals surface area contributed by atoms with E-state index >= 15 is 0 Å².